The van der Waals surface area contributed by atoms with E-state index in [4.69, 9.17) is 15.9 Å². The summed E-state index contributed by atoms with van der Waals surface area (Å²) >= 11 is 0. The summed E-state index contributed by atoms with van der Waals surface area (Å²) in [6, 6.07) is -0.639. The van der Waals surface area contributed by atoms with Crippen molar-refractivity contribution in [2.75, 3.05) is 13.2 Å². The van der Waals surface area contributed by atoms with Crippen LogP contribution in [0.4, 0.5) is 0 Å². The molecule has 2 atom stereocenters. The number of aliphatic hydroxyl groups excluding tert-OH is 2. The van der Waals surface area contributed by atoms with Crippen LogP contribution in [0, 0.1) is 12.8 Å². The molecule has 11 heavy (non-hydrogen) atoms. The Kier molecular flexibility index (Phi) is 26.9. The summed E-state index contributed by atoms with van der Waals surface area (Å²) in [7, 11) is 0. The van der Waals surface area contributed by atoms with Gasteiger partial charge < -0.3 is 33.8 Å². The van der Waals surface area contributed by atoms with E-state index in [1.165, 1.54) is 0 Å². The van der Waals surface area contributed by atoms with Gasteiger partial charge in [0.2, 0.25) is 0 Å². The van der Waals surface area contributed by atoms with Crippen molar-refractivity contribution in [3.8, 4) is 0 Å². The van der Waals surface area contributed by atoms with Gasteiger partial charge in [0.15, 0.2) is 0 Å². The smallest absolute Gasteiger partial charge is 0.675 e. The molecule has 6 heteroatoms. The van der Waals surface area contributed by atoms with E-state index in [0.717, 1.165) is 0 Å². The molecule has 5 nitrogen and oxygen atoms in total. The Labute approximate surface area is 80.5 Å². The average molecular weight is 348 g/mol. The van der Waals surface area contributed by atoms with Gasteiger partial charge in [-0.05, 0) is 0 Å². The van der Waals surface area contributed by atoms with Crippen molar-refractivity contribution in [3.05, 3.63) is 12.7 Å². The molecule has 0 amide bonds. The zero-order valence-electron chi connectivity index (χ0n) is 5.99. The van der Waals surface area contributed by atoms with Gasteiger partial charge in [0.05, 0.1) is 0 Å². The van der Waals surface area contributed by atoms with E-state index in [1.54, 1.807) is 0 Å². The molecule has 0 spiro atoms. The van der Waals surface area contributed by atoms with Crippen LogP contribution in [-0.4, -0.2) is 40.4 Å². The van der Waals surface area contributed by atoms with E-state index in [0.29, 0.717) is 0 Å². The quantitative estimate of drug-likeness (QED) is 0.583. The van der Waals surface area contributed by atoms with Crippen molar-refractivity contribution in [2.45, 2.75) is 6.04 Å². The SMILES string of the molecule is O.O.[CH2-]C(CO)C([NH-])CO.[Pt+2]. The maximum absolute atomic E-state index is 8.34. The normalized spacial score (nSPS) is 13.1. The molecule has 0 radical (unpaired) electrons. The van der Waals surface area contributed by atoms with Crippen molar-refractivity contribution in [2.24, 2.45) is 5.92 Å². The first-order chi connectivity index (χ1) is 3.72. The van der Waals surface area contributed by atoms with Crippen LogP contribution in [-0.2, 0) is 21.1 Å². The first-order valence-corrected chi connectivity index (χ1v) is 2.48. The van der Waals surface area contributed by atoms with Crippen LogP contribution in [0.25, 0.3) is 5.73 Å². The van der Waals surface area contributed by atoms with Gasteiger partial charge >= 0.3 is 21.1 Å². The third-order valence-electron chi connectivity index (χ3n) is 1.00. The molecule has 2 unspecified atom stereocenters. The third-order valence-corrected chi connectivity index (χ3v) is 1.00. The monoisotopic (exact) mass is 348 g/mol. The molecule has 0 aromatic rings. The van der Waals surface area contributed by atoms with Gasteiger partial charge in [0.25, 0.3) is 0 Å². The minimum absolute atomic E-state index is 0. The molecule has 0 bridgehead atoms. The first-order valence-electron chi connectivity index (χ1n) is 2.48. The summed E-state index contributed by atoms with van der Waals surface area (Å²) < 4.78 is 0. The van der Waals surface area contributed by atoms with Crippen LogP contribution >= 0.6 is 0 Å². The van der Waals surface area contributed by atoms with Crippen molar-refractivity contribution >= 4 is 0 Å². The van der Waals surface area contributed by atoms with E-state index in [-0.39, 0.29) is 51.1 Å². The molecule has 0 aliphatic carbocycles. The number of nitrogens with one attached hydrogen (secondary N) is 1. The van der Waals surface area contributed by atoms with Gasteiger partial charge in [-0.1, -0.05) is 0 Å². The van der Waals surface area contributed by atoms with E-state index in [1.807, 2.05) is 0 Å². The molecule has 0 saturated heterocycles. The second-order valence-corrected chi connectivity index (χ2v) is 1.73. The van der Waals surface area contributed by atoms with Gasteiger partial charge in [-0.3, -0.25) is 0 Å². The second kappa shape index (κ2) is 13.1. The van der Waals surface area contributed by atoms with Gasteiger partial charge in [0.1, 0.15) is 0 Å². The summed E-state index contributed by atoms with van der Waals surface area (Å²) in [6.07, 6.45) is 0. The molecule has 0 aromatic carbocycles. The van der Waals surface area contributed by atoms with E-state index >= 15 is 0 Å². The first kappa shape index (κ1) is 22.5. The molecule has 0 rings (SSSR count). The zero-order valence-corrected chi connectivity index (χ0v) is 8.26. The van der Waals surface area contributed by atoms with Crippen LogP contribution in [0.2, 0.25) is 0 Å². The van der Waals surface area contributed by atoms with Gasteiger partial charge in [-0.25, -0.2) is 0 Å². The second-order valence-electron chi connectivity index (χ2n) is 1.73. The molecule has 0 aromatic heterocycles. The molecular formula is C5H15NO4Pt. The third kappa shape index (κ3) is 10.5. The van der Waals surface area contributed by atoms with E-state index in [9.17, 15) is 0 Å². The molecule has 0 saturated carbocycles. The Morgan fingerprint density at radius 1 is 1.18 bits per heavy atom. The Morgan fingerprint density at radius 3 is 1.64 bits per heavy atom. The number of aliphatic hydroxyl groups is 2. The predicted molar refractivity (Wildman–Crippen MR) is 38.4 cm³/mol. The number of hydrogen-bond acceptors (Lipinski definition) is 2. The Balaban J connectivity index is -0.0000000817. The van der Waals surface area contributed by atoms with Crippen molar-refractivity contribution in [1.29, 1.82) is 0 Å². The Bertz CT molecular complexity index is 58.4. The summed E-state index contributed by atoms with van der Waals surface area (Å²) in [6.45, 7) is 3.07. The fourth-order valence-corrected chi connectivity index (χ4v) is 0.276. The van der Waals surface area contributed by atoms with E-state index in [2.05, 4.69) is 6.92 Å². The molecule has 0 heterocycles. The van der Waals surface area contributed by atoms with Crippen LogP contribution in [0.1, 0.15) is 0 Å². The molecule has 0 fully saturated rings. The van der Waals surface area contributed by atoms with Crippen LogP contribution in [0.3, 0.4) is 0 Å². The van der Waals surface area contributed by atoms with Crippen molar-refractivity contribution < 1.29 is 42.2 Å². The largest absolute Gasteiger partial charge is 2.00 e. The minimum Gasteiger partial charge on any atom is -0.675 e. The fourth-order valence-electron chi connectivity index (χ4n) is 0.276. The molecule has 0 aliphatic heterocycles. The van der Waals surface area contributed by atoms with Crippen LogP contribution in [0.5, 0.6) is 0 Å². The summed E-state index contributed by atoms with van der Waals surface area (Å²) in [5.74, 6) is -0.361. The predicted octanol–water partition coefficient (Wildman–Crippen LogP) is -1.81. The number of rotatable bonds is 3. The molecular weight excluding hydrogens is 333 g/mol. The van der Waals surface area contributed by atoms with Crippen molar-refractivity contribution in [1.82, 2.24) is 0 Å². The maximum atomic E-state index is 8.34. The Hall–Kier alpha value is 0.488. The minimum atomic E-state index is -0.639. The maximum Gasteiger partial charge on any atom is 2.00 e. The van der Waals surface area contributed by atoms with Gasteiger partial charge in [-0.15, -0.1) is 6.04 Å². The summed E-state index contributed by atoms with van der Waals surface area (Å²) in [5.41, 5.74) is 6.95. The molecule has 0 aliphatic rings. The molecule has 7 N–H and O–H groups in total. The van der Waals surface area contributed by atoms with Gasteiger partial charge in [0, 0.05) is 13.2 Å². The average Bonchev–Trinajstić information content (AvgIpc) is 1.84. The van der Waals surface area contributed by atoms with Gasteiger partial charge in [-0.2, -0.15) is 5.92 Å². The summed E-state index contributed by atoms with van der Waals surface area (Å²) in [5, 5.41) is 16.6. The summed E-state index contributed by atoms with van der Waals surface area (Å²) in [4.78, 5) is 0. The fraction of sp³-hybridized carbons (Fsp3) is 0.800. The topological polar surface area (TPSA) is 127 Å². The van der Waals surface area contributed by atoms with Crippen LogP contribution < -0.4 is 0 Å². The Morgan fingerprint density at radius 2 is 1.55 bits per heavy atom. The standard InChI is InChI=1S/C5H11NO2.2H2O.Pt/c1-4(2-7)5(6)3-8;;;/h4-8H,1-3H2;2*1H2;/q-2;;;+2. The number of hydrogen-bond donors (Lipinski definition) is 2. The van der Waals surface area contributed by atoms with Crippen LogP contribution in [0.15, 0.2) is 0 Å². The molecule has 74 valence electrons. The van der Waals surface area contributed by atoms with E-state index < -0.39 is 6.04 Å². The van der Waals surface area contributed by atoms with Crippen molar-refractivity contribution in [3.63, 3.8) is 0 Å². The zero-order chi connectivity index (χ0) is 6.57.